The van der Waals surface area contributed by atoms with Gasteiger partial charge in [-0.05, 0) is 45.6 Å². The number of nitrogens with zero attached hydrogens (tertiary/aromatic N) is 3. The molecular weight excluding hydrogens is 344 g/mol. The van der Waals surface area contributed by atoms with Gasteiger partial charge in [0.05, 0.1) is 34.8 Å². The Balaban J connectivity index is 1.81. The van der Waals surface area contributed by atoms with Gasteiger partial charge in [0.2, 0.25) is 0 Å². The Bertz CT molecular complexity index is 997. The normalized spacial score (nSPS) is 16.4. The van der Waals surface area contributed by atoms with Crippen molar-refractivity contribution in [1.82, 2.24) is 19.8 Å². The smallest absolute Gasteiger partial charge is 0.252 e. The summed E-state index contributed by atoms with van der Waals surface area (Å²) in [7, 11) is 0. The molecule has 1 unspecified atom stereocenters. The number of aromatic nitrogens is 4. The van der Waals surface area contributed by atoms with Crippen LogP contribution in [0.5, 0.6) is 0 Å². The molecule has 0 aliphatic heterocycles. The zero-order chi connectivity index (χ0) is 19.3. The predicted octanol–water partition coefficient (Wildman–Crippen LogP) is 2.01. The van der Waals surface area contributed by atoms with E-state index in [9.17, 15) is 9.90 Å². The van der Waals surface area contributed by atoms with Gasteiger partial charge in [-0.2, -0.15) is 10.2 Å². The first-order valence-electron chi connectivity index (χ1n) is 9.14. The second kappa shape index (κ2) is 6.38. The lowest BCUT2D eigenvalue weighted by molar-refractivity contribution is 0.1000. The minimum absolute atomic E-state index is 0.211. The number of carbonyl (C=O) groups excluding carboxylic acids is 1. The molecule has 2 atom stereocenters. The lowest BCUT2D eigenvalue weighted by Gasteiger charge is -2.22. The van der Waals surface area contributed by atoms with E-state index in [2.05, 4.69) is 20.6 Å². The highest BCUT2D eigenvalue weighted by Gasteiger charge is 2.34. The Morgan fingerprint density at radius 3 is 2.78 bits per heavy atom. The topological polar surface area (TPSA) is 121 Å². The SMILES string of the molecule is Cc1n[nH]c(C)c1-c1cc2c(N[C@H](C)C(O)C3CC3)c(C(N)=O)cnn2c1. The van der Waals surface area contributed by atoms with Crippen molar-refractivity contribution < 1.29 is 9.90 Å². The number of primary amides is 1. The molecule has 1 amide bonds. The number of aliphatic hydroxyl groups is 1. The Kier molecular flexibility index (Phi) is 4.15. The first-order chi connectivity index (χ1) is 12.9. The number of rotatable bonds is 6. The number of nitrogens with two attached hydrogens (primary N) is 1. The third-order valence-corrected chi connectivity index (χ3v) is 5.31. The van der Waals surface area contributed by atoms with Crippen LogP contribution in [0.25, 0.3) is 16.6 Å². The fourth-order valence-electron chi connectivity index (χ4n) is 3.67. The van der Waals surface area contributed by atoms with E-state index in [0.717, 1.165) is 40.9 Å². The monoisotopic (exact) mass is 368 g/mol. The van der Waals surface area contributed by atoms with Crippen molar-refractivity contribution in [3.8, 4) is 11.1 Å². The van der Waals surface area contributed by atoms with E-state index < -0.39 is 12.0 Å². The molecule has 0 spiro atoms. The summed E-state index contributed by atoms with van der Waals surface area (Å²) in [5.41, 5.74) is 11.0. The molecule has 1 saturated carbocycles. The molecule has 3 aromatic heterocycles. The minimum atomic E-state index is -0.556. The first kappa shape index (κ1) is 17.5. The Hall–Kier alpha value is -2.87. The lowest BCUT2D eigenvalue weighted by atomic mass is 10.1. The van der Waals surface area contributed by atoms with Crippen molar-refractivity contribution in [3.05, 3.63) is 35.4 Å². The van der Waals surface area contributed by atoms with Crippen LogP contribution in [0.3, 0.4) is 0 Å². The molecule has 0 radical (unpaired) electrons. The van der Waals surface area contributed by atoms with E-state index in [1.807, 2.05) is 33.0 Å². The van der Waals surface area contributed by atoms with Crippen LogP contribution < -0.4 is 11.1 Å². The summed E-state index contributed by atoms with van der Waals surface area (Å²) in [5, 5.41) is 25.3. The van der Waals surface area contributed by atoms with Crippen LogP contribution in [0.1, 0.15) is 41.5 Å². The van der Waals surface area contributed by atoms with Gasteiger partial charge in [0.25, 0.3) is 5.91 Å². The van der Waals surface area contributed by atoms with Gasteiger partial charge in [-0.1, -0.05) is 0 Å². The van der Waals surface area contributed by atoms with Crippen molar-refractivity contribution in [2.75, 3.05) is 5.32 Å². The molecule has 1 aliphatic rings. The van der Waals surface area contributed by atoms with Crippen molar-refractivity contribution in [1.29, 1.82) is 0 Å². The Morgan fingerprint density at radius 2 is 2.19 bits per heavy atom. The van der Waals surface area contributed by atoms with E-state index >= 15 is 0 Å². The number of carbonyl (C=O) groups is 1. The second-order valence-electron chi connectivity index (χ2n) is 7.43. The highest BCUT2D eigenvalue weighted by Crippen LogP contribution is 2.36. The van der Waals surface area contributed by atoms with Gasteiger partial charge in [-0.25, -0.2) is 4.52 Å². The van der Waals surface area contributed by atoms with Gasteiger partial charge in [-0.15, -0.1) is 0 Å². The molecule has 3 heterocycles. The van der Waals surface area contributed by atoms with E-state index in [-0.39, 0.29) is 6.04 Å². The predicted molar refractivity (Wildman–Crippen MR) is 103 cm³/mol. The average Bonchev–Trinajstić information content (AvgIpc) is 3.30. The Morgan fingerprint density at radius 1 is 1.44 bits per heavy atom. The summed E-state index contributed by atoms with van der Waals surface area (Å²) in [6, 6.07) is 1.75. The molecule has 8 nitrogen and oxygen atoms in total. The molecule has 3 aromatic rings. The quantitative estimate of drug-likeness (QED) is 0.530. The van der Waals surface area contributed by atoms with Crippen molar-refractivity contribution in [2.45, 2.75) is 45.8 Å². The van der Waals surface area contributed by atoms with Gasteiger partial charge in [0, 0.05) is 29.1 Å². The number of amides is 1. The number of hydrogen-bond acceptors (Lipinski definition) is 5. The zero-order valence-corrected chi connectivity index (χ0v) is 15.7. The number of aliphatic hydroxyl groups excluding tert-OH is 1. The standard InChI is InChI=1S/C19H24N6O2/c1-9-16(10(2)24-23-9)13-6-15-17(22-11(3)18(26)12-4-5-12)14(19(20)27)7-21-25(15)8-13/h6-8,11-12,18,22,26H,4-5H2,1-3H3,(H2,20,27)(H,23,24)/t11-,18?/m1/s1. The molecular formula is C19H24N6O2. The summed E-state index contributed by atoms with van der Waals surface area (Å²) in [4.78, 5) is 12.0. The van der Waals surface area contributed by atoms with Gasteiger partial charge in [-0.3, -0.25) is 9.89 Å². The van der Waals surface area contributed by atoms with E-state index in [1.165, 1.54) is 6.20 Å². The maximum absolute atomic E-state index is 12.0. The van der Waals surface area contributed by atoms with Crippen LogP contribution in [-0.4, -0.2) is 43.0 Å². The van der Waals surface area contributed by atoms with Gasteiger partial charge in [0.15, 0.2) is 0 Å². The number of anilines is 1. The van der Waals surface area contributed by atoms with Crippen molar-refractivity contribution in [2.24, 2.45) is 11.7 Å². The van der Waals surface area contributed by atoms with Crippen LogP contribution in [0.4, 0.5) is 5.69 Å². The zero-order valence-electron chi connectivity index (χ0n) is 15.7. The summed E-state index contributed by atoms with van der Waals surface area (Å²) < 4.78 is 1.71. The largest absolute Gasteiger partial charge is 0.391 e. The first-order valence-corrected chi connectivity index (χ1v) is 9.14. The minimum Gasteiger partial charge on any atom is -0.391 e. The van der Waals surface area contributed by atoms with Crippen molar-refractivity contribution in [3.63, 3.8) is 0 Å². The maximum Gasteiger partial charge on any atom is 0.252 e. The molecule has 27 heavy (non-hydrogen) atoms. The van der Waals surface area contributed by atoms with E-state index in [4.69, 9.17) is 5.73 Å². The highest BCUT2D eigenvalue weighted by atomic mass is 16.3. The van der Waals surface area contributed by atoms with Gasteiger partial charge < -0.3 is 16.2 Å². The molecule has 5 N–H and O–H groups in total. The van der Waals surface area contributed by atoms with Gasteiger partial charge >= 0.3 is 0 Å². The summed E-state index contributed by atoms with van der Waals surface area (Å²) in [5.74, 6) is -0.236. The van der Waals surface area contributed by atoms with Gasteiger partial charge in [0.1, 0.15) is 0 Å². The van der Waals surface area contributed by atoms with Crippen LogP contribution >= 0.6 is 0 Å². The van der Waals surface area contributed by atoms with Crippen LogP contribution in [0.15, 0.2) is 18.5 Å². The summed E-state index contributed by atoms with van der Waals surface area (Å²) in [6.07, 6.45) is 4.98. The Labute approximate surface area is 156 Å². The summed E-state index contributed by atoms with van der Waals surface area (Å²) in [6.45, 7) is 5.82. The van der Waals surface area contributed by atoms with E-state index in [0.29, 0.717) is 17.2 Å². The summed E-state index contributed by atoms with van der Waals surface area (Å²) >= 11 is 0. The maximum atomic E-state index is 12.0. The molecule has 0 aromatic carbocycles. The molecule has 8 heteroatoms. The molecule has 4 rings (SSSR count). The van der Waals surface area contributed by atoms with Crippen LogP contribution in [0.2, 0.25) is 0 Å². The average molecular weight is 368 g/mol. The van der Waals surface area contributed by atoms with E-state index in [1.54, 1.807) is 4.52 Å². The molecule has 142 valence electrons. The molecule has 1 fully saturated rings. The van der Waals surface area contributed by atoms with Crippen molar-refractivity contribution >= 4 is 17.1 Å². The molecule has 0 bridgehead atoms. The number of fused-ring (bicyclic) bond motifs is 1. The number of H-pyrrole nitrogens is 1. The molecule has 1 aliphatic carbocycles. The third kappa shape index (κ3) is 3.06. The highest BCUT2D eigenvalue weighted by molar-refractivity contribution is 6.02. The number of hydrogen-bond donors (Lipinski definition) is 4. The number of aromatic amines is 1. The fourth-order valence-corrected chi connectivity index (χ4v) is 3.67. The van der Waals surface area contributed by atoms with Crippen LogP contribution in [-0.2, 0) is 0 Å². The number of aryl methyl sites for hydroxylation is 2. The number of nitrogens with one attached hydrogen (secondary N) is 2. The molecule has 0 saturated heterocycles. The second-order valence-corrected chi connectivity index (χ2v) is 7.43. The lowest BCUT2D eigenvalue weighted by Crippen LogP contribution is -2.33. The fraction of sp³-hybridized carbons (Fsp3) is 0.421. The van der Waals surface area contributed by atoms with Crippen LogP contribution in [0, 0.1) is 19.8 Å². The third-order valence-electron chi connectivity index (χ3n) is 5.31.